The number of aryl methyl sites for hydroxylation is 1. The molecule has 9 heteroatoms. The molecule has 0 N–H and O–H groups in total. The summed E-state index contributed by atoms with van der Waals surface area (Å²) in [7, 11) is 2.00. The van der Waals surface area contributed by atoms with Gasteiger partial charge in [-0.3, -0.25) is 9.36 Å². The highest BCUT2D eigenvalue weighted by Gasteiger charge is 2.29. The summed E-state index contributed by atoms with van der Waals surface area (Å²) in [4.78, 5) is 32.0. The molecular weight excluding hydrogens is 494 g/mol. The highest BCUT2D eigenvalue weighted by atomic mass is 16.6. The van der Waals surface area contributed by atoms with E-state index in [0.717, 1.165) is 40.0 Å². The molecule has 9 nitrogen and oxygen atoms in total. The van der Waals surface area contributed by atoms with Gasteiger partial charge < -0.3 is 23.3 Å². The maximum atomic E-state index is 13.0. The first kappa shape index (κ1) is 24.8. The maximum Gasteiger partial charge on any atom is 0.410 e. The zero-order valence-electron chi connectivity index (χ0n) is 22.5. The summed E-state index contributed by atoms with van der Waals surface area (Å²) in [5, 5.41) is 1.14. The van der Waals surface area contributed by atoms with Gasteiger partial charge in [-0.2, -0.15) is 0 Å². The molecule has 0 bridgehead atoms. The van der Waals surface area contributed by atoms with Crippen LogP contribution in [0.5, 0.6) is 5.75 Å². The number of hydrogen-bond acceptors (Lipinski definition) is 5. The van der Waals surface area contributed by atoms with Crippen LogP contribution < -0.4 is 10.3 Å². The maximum absolute atomic E-state index is 13.0. The van der Waals surface area contributed by atoms with Crippen molar-refractivity contribution in [3.05, 3.63) is 94.4 Å². The number of carbonyl (C=O) groups excluding carboxylic acids is 1. The molecule has 39 heavy (non-hydrogen) atoms. The third-order valence-electron chi connectivity index (χ3n) is 7.01. The average molecular weight is 526 g/mol. The van der Waals surface area contributed by atoms with Crippen molar-refractivity contribution in [2.75, 3.05) is 6.54 Å². The van der Waals surface area contributed by atoms with E-state index in [9.17, 15) is 9.59 Å². The Morgan fingerprint density at radius 1 is 1.08 bits per heavy atom. The Balaban J connectivity index is 1.22. The van der Waals surface area contributed by atoms with Crippen LogP contribution in [0.25, 0.3) is 22.2 Å². The Labute approximate surface area is 225 Å². The fourth-order valence-electron chi connectivity index (χ4n) is 5.15. The Morgan fingerprint density at radius 3 is 2.69 bits per heavy atom. The summed E-state index contributed by atoms with van der Waals surface area (Å²) in [6.45, 7) is 7.00. The Kier molecular flexibility index (Phi) is 5.94. The van der Waals surface area contributed by atoms with Crippen molar-refractivity contribution in [1.29, 1.82) is 0 Å². The van der Waals surface area contributed by atoms with Gasteiger partial charge >= 0.3 is 6.09 Å². The van der Waals surface area contributed by atoms with Crippen molar-refractivity contribution >= 4 is 22.6 Å². The minimum atomic E-state index is -0.535. The van der Waals surface area contributed by atoms with Gasteiger partial charge in [0.1, 0.15) is 23.6 Å². The van der Waals surface area contributed by atoms with Gasteiger partial charge in [0.15, 0.2) is 0 Å². The minimum absolute atomic E-state index is 0.183. The van der Waals surface area contributed by atoms with E-state index in [0.29, 0.717) is 18.8 Å². The van der Waals surface area contributed by atoms with Crippen molar-refractivity contribution in [3.63, 3.8) is 0 Å². The van der Waals surface area contributed by atoms with Gasteiger partial charge in [0, 0.05) is 49.3 Å². The number of nitrogens with zero attached hydrogens (tertiary/aromatic N) is 5. The van der Waals surface area contributed by atoms with Crippen LogP contribution in [-0.2, 0) is 31.4 Å². The molecule has 1 aliphatic rings. The molecular formula is C30H31N5O4. The first-order chi connectivity index (χ1) is 18.7. The largest absolute Gasteiger partial charge is 0.487 e. The van der Waals surface area contributed by atoms with Gasteiger partial charge in [0.2, 0.25) is 0 Å². The lowest BCUT2D eigenvalue weighted by atomic mass is 10.0. The van der Waals surface area contributed by atoms with Crippen LogP contribution in [0, 0.1) is 0 Å². The zero-order valence-corrected chi connectivity index (χ0v) is 22.5. The second-order valence-electron chi connectivity index (χ2n) is 10.9. The SMILES string of the molecule is Cn1c2c(c3ccc(-n4ccc(OCc5cn6ccccc6n5)cc4=O)cc31)CCN(C(=O)OC(C)(C)C)C2. The second-order valence-corrected chi connectivity index (χ2v) is 10.9. The van der Waals surface area contributed by atoms with Crippen LogP contribution in [0.2, 0.25) is 0 Å². The fourth-order valence-corrected chi connectivity index (χ4v) is 5.15. The lowest BCUT2D eigenvalue weighted by Gasteiger charge is -2.30. The first-order valence-electron chi connectivity index (χ1n) is 13.0. The van der Waals surface area contributed by atoms with Crippen molar-refractivity contribution in [1.82, 2.24) is 23.4 Å². The molecule has 4 aromatic heterocycles. The van der Waals surface area contributed by atoms with E-state index in [1.165, 1.54) is 11.6 Å². The second kappa shape index (κ2) is 9.34. The van der Waals surface area contributed by atoms with Crippen LogP contribution in [-0.4, -0.2) is 41.7 Å². The fraction of sp³-hybridized carbons (Fsp3) is 0.300. The molecule has 5 heterocycles. The Morgan fingerprint density at radius 2 is 1.92 bits per heavy atom. The van der Waals surface area contributed by atoms with E-state index in [1.54, 1.807) is 21.7 Å². The van der Waals surface area contributed by atoms with E-state index < -0.39 is 5.60 Å². The van der Waals surface area contributed by atoms with Crippen LogP contribution in [0.4, 0.5) is 4.79 Å². The Hall–Kier alpha value is -4.53. The van der Waals surface area contributed by atoms with Gasteiger partial charge in [0.25, 0.3) is 5.56 Å². The topological polar surface area (TPSA) is 83.0 Å². The van der Waals surface area contributed by atoms with Gasteiger partial charge in [0.05, 0.1) is 23.4 Å². The summed E-state index contributed by atoms with van der Waals surface area (Å²) in [6, 6.07) is 15.1. The lowest BCUT2D eigenvalue weighted by molar-refractivity contribution is 0.0220. The standard InChI is InChI=1S/C30H31N5O4/c1-30(2,3)39-29(37)34-13-11-24-23-9-8-21(15-25(23)32(4)26(24)18-34)35-14-10-22(16-28(35)36)38-19-20-17-33-12-6-5-7-27(33)31-20/h5-10,12,14-17H,11,13,18-19H2,1-4H3. The number of hydrogen-bond donors (Lipinski definition) is 0. The number of rotatable bonds is 4. The van der Waals surface area contributed by atoms with Crippen LogP contribution >= 0.6 is 0 Å². The summed E-state index contributed by atoms with van der Waals surface area (Å²) >= 11 is 0. The zero-order chi connectivity index (χ0) is 27.3. The number of ether oxygens (including phenoxy) is 2. The molecule has 1 aromatic carbocycles. The van der Waals surface area contributed by atoms with Crippen LogP contribution in [0.15, 0.2) is 71.9 Å². The smallest absolute Gasteiger partial charge is 0.410 e. The van der Waals surface area contributed by atoms with Crippen LogP contribution in [0.3, 0.4) is 0 Å². The molecule has 1 amide bonds. The Bertz CT molecular complexity index is 1740. The van der Waals surface area contributed by atoms with Crippen LogP contribution in [0.1, 0.15) is 37.7 Å². The molecule has 0 aliphatic carbocycles. The number of carbonyl (C=O) groups is 1. The summed E-state index contributed by atoms with van der Waals surface area (Å²) < 4.78 is 17.1. The summed E-state index contributed by atoms with van der Waals surface area (Å²) in [6.07, 6.45) is 6.04. The molecule has 6 rings (SSSR count). The molecule has 0 radical (unpaired) electrons. The van der Waals surface area contributed by atoms with Gasteiger partial charge in [-0.15, -0.1) is 0 Å². The molecule has 200 valence electrons. The third-order valence-corrected chi connectivity index (χ3v) is 7.01. The van der Waals surface area contributed by atoms with E-state index in [4.69, 9.17) is 9.47 Å². The highest BCUT2D eigenvalue weighted by Crippen LogP contribution is 2.32. The summed E-state index contributed by atoms with van der Waals surface area (Å²) in [5.74, 6) is 0.492. The number of amides is 1. The van der Waals surface area contributed by atoms with Gasteiger partial charge in [-0.1, -0.05) is 12.1 Å². The van der Waals surface area contributed by atoms with Gasteiger partial charge in [-0.05, 0) is 63.1 Å². The average Bonchev–Trinajstić information content (AvgIpc) is 3.44. The van der Waals surface area contributed by atoms with Crippen molar-refractivity contribution < 1.29 is 14.3 Å². The van der Waals surface area contributed by atoms with E-state index in [1.807, 2.05) is 74.9 Å². The van der Waals surface area contributed by atoms with E-state index in [2.05, 4.69) is 15.6 Å². The molecule has 0 saturated heterocycles. The normalized spacial score (nSPS) is 13.6. The lowest BCUT2D eigenvalue weighted by Crippen LogP contribution is -2.40. The number of pyridine rings is 2. The van der Waals surface area contributed by atoms with Crippen molar-refractivity contribution in [2.24, 2.45) is 7.05 Å². The number of benzene rings is 1. The number of fused-ring (bicyclic) bond motifs is 4. The monoisotopic (exact) mass is 525 g/mol. The number of imidazole rings is 1. The molecule has 1 aliphatic heterocycles. The molecule has 5 aromatic rings. The predicted molar refractivity (Wildman–Crippen MR) is 148 cm³/mol. The van der Waals surface area contributed by atoms with E-state index >= 15 is 0 Å². The minimum Gasteiger partial charge on any atom is -0.487 e. The number of aromatic nitrogens is 4. The molecule has 0 unspecified atom stereocenters. The highest BCUT2D eigenvalue weighted by molar-refractivity contribution is 5.88. The molecule has 0 spiro atoms. The van der Waals surface area contributed by atoms with Crippen molar-refractivity contribution in [3.8, 4) is 11.4 Å². The quantitative estimate of drug-likeness (QED) is 0.335. The molecule has 0 fully saturated rings. The molecule has 0 saturated carbocycles. The summed E-state index contributed by atoms with van der Waals surface area (Å²) in [5.41, 5.74) is 5.02. The van der Waals surface area contributed by atoms with E-state index in [-0.39, 0.29) is 18.3 Å². The predicted octanol–water partition coefficient (Wildman–Crippen LogP) is 4.85. The first-order valence-corrected chi connectivity index (χ1v) is 13.0. The van der Waals surface area contributed by atoms with Crippen molar-refractivity contribution in [2.45, 2.75) is 45.9 Å². The van der Waals surface area contributed by atoms with Gasteiger partial charge in [-0.25, -0.2) is 9.78 Å². The molecule has 0 atom stereocenters. The third kappa shape index (κ3) is 4.76.